The first kappa shape index (κ1) is 19.4. The third-order valence-electron chi connectivity index (χ3n) is 3.41. The number of aliphatic carboxylic acids is 1. The van der Waals surface area contributed by atoms with Crippen LogP contribution in [-0.2, 0) is 19.7 Å². The summed E-state index contributed by atoms with van der Waals surface area (Å²) in [4.78, 5) is 38.5. The second-order valence-electron chi connectivity index (χ2n) is 6.65. The van der Waals surface area contributed by atoms with Crippen LogP contribution in [0.1, 0.15) is 46.1 Å². The highest BCUT2D eigenvalue weighted by Gasteiger charge is 2.34. The van der Waals surface area contributed by atoms with Gasteiger partial charge in [-0.2, -0.15) is 0 Å². The summed E-state index contributed by atoms with van der Waals surface area (Å²) < 4.78 is 5.13. The molecule has 0 bridgehead atoms. The van der Waals surface area contributed by atoms with Gasteiger partial charge in [0.2, 0.25) is 5.91 Å². The van der Waals surface area contributed by atoms with Crippen LogP contribution in [0.5, 0.6) is 0 Å². The van der Waals surface area contributed by atoms with Crippen LogP contribution < -0.4 is 11.1 Å². The lowest BCUT2D eigenvalue weighted by atomic mass is 9.78. The lowest BCUT2D eigenvalue weighted by Gasteiger charge is -2.26. The van der Waals surface area contributed by atoms with Crippen LogP contribution >= 0.6 is 0 Å². The quantitative estimate of drug-likeness (QED) is 0.728. The van der Waals surface area contributed by atoms with Crippen LogP contribution in [0.2, 0.25) is 0 Å². The van der Waals surface area contributed by atoms with Crippen molar-refractivity contribution in [2.45, 2.75) is 51.6 Å². The van der Waals surface area contributed by atoms with E-state index in [0.29, 0.717) is 5.56 Å². The van der Waals surface area contributed by atoms with E-state index < -0.39 is 29.0 Å². The number of anilines is 1. The van der Waals surface area contributed by atoms with E-state index in [2.05, 4.69) is 10.3 Å². The van der Waals surface area contributed by atoms with Gasteiger partial charge in [-0.15, -0.1) is 0 Å². The van der Waals surface area contributed by atoms with Crippen molar-refractivity contribution in [2.75, 3.05) is 5.32 Å². The fraction of sp³-hybridized carbons (Fsp3) is 0.500. The predicted octanol–water partition coefficient (Wildman–Crippen LogP) is 2.04. The molecule has 1 heterocycles. The van der Waals surface area contributed by atoms with Crippen molar-refractivity contribution in [3.63, 3.8) is 0 Å². The SMILES string of the molecule is CC(C)(C)OC(=O)Nc1cc(C(C)(CCC(=O)O)C(N)=O)ccn1. The molecule has 1 unspecified atom stereocenters. The summed E-state index contributed by atoms with van der Waals surface area (Å²) in [6, 6.07) is 3.05. The van der Waals surface area contributed by atoms with E-state index >= 15 is 0 Å². The van der Waals surface area contributed by atoms with Crippen molar-refractivity contribution in [3.05, 3.63) is 23.9 Å². The zero-order chi connectivity index (χ0) is 18.5. The summed E-state index contributed by atoms with van der Waals surface area (Å²) >= 11 is 0. The molecule has 0 aliphatic rings. The largest absolute Gasteiger partial charge is 0.481 e. The molecule has 0 spiro atoms. The normalized spacial score (nSPS) is 13.7. The summed E-state index contributed by atoms with van der Waals surface area (Å²) in [6.07, 6.45) is 0.548. The molecule has 24 heavy (non-hydrogen) atoms. The van der Waals surface area contributed by atoms with Crippen molar-refractivity contribution in [1.29, 1.82) is 0 Å². The van der Waals surface area contributed by atoms with E-state index in [1.54, 1.807) is 33.8 Å². The van der Waals surface area contributed by atoms with E-state index in [1.807, 2.05) is 0 Å². The first-order chi connectivity index (χ1) is 10.9. The average Bonchev–Trinajstić information content (AvgIpc) is 2.42. The minimum atomic E-state index is -1.19. The zero-order valence-electron chi connectivity index (χ0n) is 14.3. The molecule has 0 aromatic carbocycles. The fourth-order valence-corrected chi connectivity index (χ4v) is 2.02. The molecule has 0 fully saturated rings. The molecule has 1 aromatic rings. The van der Waals surface area contributed by atoms with E-state index in [1.165, 1.54) is 12.3 Å². The molecule has 0 radical (unpaired) electrons. The van der Waals surface area contributed by atoms with Crippen LogP contribution in [0.3, 0.4) is 0 Å². The third-order valence-corrected chi connectivity index (χ3v) is 3.41. The van der Waals surface area contributed by atoms with Crippen molar-refractivity contribution in [3.8, 4) is 0 Å². The van der Waals surface area contributed by atoms with Crippen molar-refractivity contribution in [1.82, 2.24) is 4.98 Å². The Morgan fingerprint density at radius 2 is 1.92 bits per heavy atom. The van der Waals surface area contributed by atoms with Crippen LogP contribution in [0.25, 0.3) is 0 Å². The van der Waals surface area contributed by atoms with E-state index in [4.69, 9.17) is 15.6 Å². The number of carbonyl (C=O) groups excluding carboxylic acids is 2. The molecule has 1 atom stereocenters. The smallest absolute Gasteiger partial charge is 0.413 e. The third kappa shape index (κ3) is 5.53. The lowest BCUT2D eigenvalue weighted by molar-refractivity contribution is -0.137. The highest BCUT2D eigenvalue weighted by Crippen LogP contribution is 2.30. The van der Waals surface area contributed by atoms with E-state index in [-0.39, 0.29) is 18.7 Å². The van der Waals surface area contributed by atoms with Gasteiger partial charge in [-0.05, 0) is 51.8 Å². The number of hydrogen-bond donors (Lipinski definition) is 3. The number of amides is 2. The van der Waals surface area contributed by atoms with Gasteiger partial charge in [0.15, 0.2) is 0 Å². The van der Waals surface area contributed by atoms with Gasteiger partial charge in [-0.1, -0.05) is 0 Å². The number of ether oxygens (including phenoxy) is 1. The molecule has 4 N–H and O–H groups in total. The molecule has 0 aliphatic heterocycles. The van der Waals surface area contributed by atoms with Gasteiger partial charge < -0.3 is 15.6 Å². The Bertz CT molecular complexity index is 639. The molecule has 0 saturated carbocycles. The van der Waals surface area contributed by atoms with E-state index in [9.17, 15) is 14.4 Å². The fourth-order valence-electron chi connectivity index (χ4n) is 2.02. The maximum absolute atomic E-state index is 11.9. The maximum atomic E-state index is 11.9. The molecular weight excluding hydrogens is 314 g/mol. The average molecular weight is 337 g/mol. The van der Waals surface area contributed by atoms with Gasteiger partial charge in [-0.3, -0.25) is 14.9 Å². The number of carboxylic acids is 1. The standard InChI is InChI=1S/C16H23N3O5/c1-15(2,3)24-14(23)19-11-9-10(6-8-18-11)16(4,13(17)22)7-5-12(20)21/h6,8-9H,5,7H2,1-4H3,(H2,17,22)(H,20,21)(H,18,19,23). The van der Waals surface area contributed by atoms with E-state index in [0.717, 1.165) is 0 Å². The highest BCUT2D eigenvalue weighted by molar-refractivity contribution is 5.88. The number of pyridine rings is 1. The Morgan fingerprint density at radius 3 is 2.42 bits per heavy atom. The summed E-state index contributed by atoms with van der Waals surface area (Å²) in [5.74, 6) is -1.49. The Kier molecular flexibility index (Phi) is 5.89. The number of nitrogens with one attached hydrogen (secondary N) is 1. The van der Waals surface area contributed by atoms with Gasteiger partial charge in [-0.25, -0.2) is 9.78 Å². The highest BCUT2D eigenvalue weighted by atomic mass is 16.6. The lowest BCUT2D eigenvalue weighted by Crippen LogP contribution is -2.39. The molecule has 8 nitrogen and oxygen atoms in total. The second kappa shape index (κ2) is 7.29. The van der Waals surface area contributed by atoms with Crippen molar-refractivity contribution >= 4 is 23.8 Å². The van der Waals surface area contributed by atoms with Gasteiger partial charge in [0.1, 0.15) is 11.4 Å². The number of hydrogen-bond acceptors (Lipinski definition) is 5. The number of carboxylic acid groups (broad SMARTS) is 1. The Labute approximate surface area is 140 Å². The second-order valence-corrected chi connectivity index (χ2v) is 6.65. The number of primary amides is 1. The topological polar surface area (TPSA) is 132 Å². The molecule has 0 saturated heterocycles. The minimum absolute atomic E-state index is 0.0353. The van der Waals surface area contributed by atoms with Crippen LogP contribution in [-0.4, -0.2) is 33.7 Å². The van der Waals surface area contributed by atoms with Gasteiger partial charge in [0, 0.05) is 12.6 Å². The number of nitrogens with zero attached hydrogens (tertiary/aromatic N) is 1. The Morgan fingerprint density at radius 1 is 1.29 bits per heavy atom. The molecule has 1 aromatic heterocycles. The van der Waals surface area contributed by atoms with Crippen LogP contribution in [0, 0.1) is 0 Å². The summed E-state index contributed by atoms with van der Waals surface area (Å²) in [7, 11) is 0. The summed E-state index contributed by atoms with van der Waals surface area (Å²) in [5.41, 5.74) is 4.08. The van der Waals surface area contributed by atoms with Crippen molar-refractivity contribution < 1.29 is 24.2 Å². The zero-order valence-corrected chi connectivity index (χ0v) is 14.3. The molecule has 0 aliphatic carbocycles. The van der Waals surface area contributed by atoms with Gasteiger partial charge in [0.25, 0.3) is 0 Å². The number of carbonyl (C=O) groups is 3. The van der Waals surface area contributed by atoms with Gasteiger partial charge >= 0.3 is 12.1 Å². The molecule has 1 rings (SSSR count). The molecular formula is C16H23N3O5. The van der Waals surface area contributed by atoms with Crippen LogP contribution in [0.4, 0.5) is 10.6 Å². The molecule has 8 heteroatoms. The monoisotopic (exact) mass is 337 g/mol. The maximum Gasteiger partial charge on any atom is 0.413 e. The minimum Gasteiger partial charge on any atom is -0.481 e. The number of rotatable bonds is 6. The summed E-state index contributed by atoms with van der Waals surface area (Å²) in [6.45, 7) is 6.75. The molecule has 2 amide bonds. The Balaban J connectivity index is 3.01. The van der Waals surface area contributed by atoms with Crippen molar-refractivity contribution in [2.24, 2.45) is 5.73 Å². The predicted molar refractivity (Wildman–Crippen MR) is 87.5 cm³/mol. The van der Waals surface area contributed by atoms with Gasteiger partial charge in [0.05, 0.1) is 5.41 Å². The number of aromatic nitrogens is 1. The summed E-state index contributed by atoms with van der Waals surface area (Å²) in [5, 5.41) is 11.3. The number of nitrogens with two attached hydrogens (primary N) is 1. The first-order valence-electron chi connectivity index (χ1n) is 7.42. The van der Waals surface area contributed by atoms with Crippen LogP contribution in [0.15, 0.2) is 18.3 Å². The molecule has 132 valence electrons. The Hall–Kier alpha value is -2.64. The first-order valence-corrected chi connectivity index (χ1v) is 7.42.